The van der Waals surface area contributed by atoms with Gasteiger partial charge in [0.2, 0.25) is 5.88 Å². The molecule has 0 aliphatic heterocycles. The third-order valence-electron chi connectivity index (χ3n) is 3.10. The van der Waals surface area contributed by atoms with Crippen molar-refractivity contribution in [3.8, 4) is 5.88 Å². The topological polar surface area (TPSA) is 89.0 Å². The number of rotatable bonds is 4. The molecule has 0 aliphatic carbocycles. The Hall–Kier alpha value is -3.19. The third kappa shape index (κ3) is 4.65. The highest BCUT2D eigenvalue weighted by Gasteiger charge is 2.12. The second-order valence-electron chi connectivity index (χ2n) is 5.08. The van der Waals surface area contributed by atoms with E-state index in [1.807, 2.05) is 0 Å². The maximum atomic E-state index is 12.1. The van der Waals surface area contributed by atoms with Crippen LogP contribution in [0.15, 0.2) is 55.1 Å². The lowest BCUT2D eigenvalue weighted by atomic mass is 10.3. The predicted octanol–water partition coefficient (Wildman–Crippen LogP) is 4.19. The van der Waals surface area contributed by atoms with Crippen LogP contribution in [0.1, 0.15) is 5.69 Å². The maximum Gasteiger partial charge on any atom is 0.418 e. The number of aromatic nitrogens is 3. The molecule has 1 amide bonds. The summed E-state index contributed by atoms with van der Waals surface area (Å²) in [7, 11) is 0. The molecule has 3 rings (SSSR count). The monoisotopic (exact) mass is 355 g/mol. The first-order valence-corrected chi connectivity index (χ1v) is 7.72. The number of halogens is 1. The molecule has 0 fully saturated rings. The molecule has 0 aliphatic rings. The minimum Gasteiger partial charge on any atom is -0.389 e. The van der Waals surface area contributed by atoms with Crippen LogP contribution in [0.5, 0.6) is 5.88 Å². The number of carbonyl (C=O) groups excluding carboxylic acids is 1. The number of ether oxygens (including phenoxy) is 1. The van der Waals surface area contributed by atoms with Crippen LogP contribution in [0.4, 0.5) is 21.9 Å². The molecule has 0 bridgehead atoms. The number of amides is 1. The molecule has 0 radical (unpaired) electrons. The van der Waals surface area contributed by atoms with E-state index in [1.54, 1.807) is 55.7 Å². The van der Waals surface area contributed by atoms with Gasteiger partial charge in [-0.15, -0.1) is 0 Å². The number of hydrogen-bond donors (Lipinski definition) is 2. The number of benzene rings is 1. The van der Waals surface area contributed by atoms with Crippen LogP contribution < -0.4 is 15.4 Å². The molecule has 1 aromatic carbocycles. The van der Waals surface area contributed by atoms with Gasteiger partial charge < -0.3 is 10.1 Å². The van der Waals surface area contributed by atoms with Gasteiger partial charge in [0.1, 0.15) is 12.0 Å². The number of carbonyl (C=O) groups is 1. The summed E-state index contributed by atoms with van der Waals surface area (Å²) in [4.78, 5) is 24.2. The van der Waals surface area contributed by atoms with E-state index in [0.29, 0.717) is 27.8 Å². The van der Waals surface area contributed by atoms with Crippen molar-refractivity contribution in [1.29, 1.82) is 0 Å². The highest BCUT2D eigenvalue weighted by Crippen LogP contribution is 2.26. The van der Waals surface area contributed by atoms with Crippen molar-refractivity contribution in [3.05, 3.63) is 65.8 Å². The van der Waals surface area contributed by atoms with E-state index in [9.17, 15) is 4.79 Å². The molecular formula is C17H14ClN5O2. The van der Waals surface area contributed by atoms with Gasteiger partial charge in [0.25, 0.3) is 0 Å². The molecule has 2 heterocycles. The third-order valence-corrected chi connectivity index (χ3v) is 3.33. The van der Waals surface area contributed by atoms with Crippen molar-refractivity contribution in [2.24, 2.45) is 0 Å². The number of aryl methyl sites for hydroxylation is 1. The summed E-state index contributed by atoms with van der Waals surface area (Å²) < 4.78 is 5.33. The Morgan fingerprint density at radius 3 is 2.68 bits per heavy atom. The summed E-state index contributed by atoms with van der Waals surface area (Å²) in [6, 6.07) is 10.3. The number of pyridine rings is 1. The summed E-state index contributed by atoms with van der Waals surface area (Å²) in [5.74, 6) is 0.142. The van der Waals surface area contributed by atoms with Gasteiger partial charge in [-0.1, -0.05) is 17.7 Å². The fourth-order valence-electron chi connectivity index (χ4n) is 2.02. The van der Waals surface area contributed by atoms with Gasteiger partial charge in [-0.05, 0) is 37.3 Å². The molecule has 0 spiro atoms. The van der Waals surface area contributed by atoms with Crippen LogP contribution >= 0.6 is 11.6 Å². The minimum atomic E-state index is -0.673. The molecule has 2 aromatic heterocycles. The molecule has 0 saturated carbocycles. The molecule has 7 nitrogen and oxygen atoms in total. The number of hydrogen-bond acceptors (Lipinski definition) is 6. The molecule has 25 heavy (non-hydrogen) atoms. The smallest absolute Gasteiger partial charge is 0.389 e. The van der Waals surface area contributed by atoms with Crippen LogP contribution in [-0.2, 0) is 0 Å². The summed E-state index contributed by atoms with van der Waals surface area (Å²) >= 11 is 5.90. The van der Waals surface area contributed by atoms with Crippen molar-refractivity contribution >= 4 is 34.8 Å². The molecule has 0 atom stereocenters. The van der Waals surface area contributed by atoms with Gasteiger partial charge in [-0.2, -0.15) is 0 Å². The average molecular weight is 356 g/mol. The van der Waals surface area contributed by atoms with E-state index in [4.69, 9.17) is 16.3 Å². The van der Waals surface area contributed by atoms with Crippen molar-refractivity contribution in [2.45, 2.75) is 6.92 Å². The van der Waals surface area contributed by atoms with Crippen molar-refractivity contribution in [3.63, 3.8) is 0 Å². The fourth-order valence-corrected chi connectivity index (χ4v) is 2.21. The van der Waals surface area contributed by atoms with Gasteiger partial charge in [-0.25, -0.2) is 19.7 Å². The zero-order valence-corrected chi connectivity index (χ0v) is 14.0. The predicted molar refractivity (Wildman–Crippen MR) is 95.4 cm³/mol. The largest absolute Gasteiger partial charge is 0.418 e. The van der Waals surface area contributed by atoms with E-state index in [1.165, 1.54) is 6.33 Å². The van der Waals surface area contributed by atoms with E-state index < -0.39 is 6.09 Å². The summed E-state index contributed by atoms with van der Waals surface area (Å²) in [5, 5.41) is 6.18. The summed E-state index contributed by atoms with van der Waals surface area (Å²) in [6.07, 6.45) is 3.95. The minimum absolute atomic E-state index is 0.142. The lowest BCUT2D eigenvalue weighted by Gasteiger charge is -2.12. The number of anilines is 3. The van der Waals surface area contributed by atoms with Gasteiger partial charge in [0.05, 0.1) is 18.1 Å². The quantitative estimate of drug-likeness (QED) is 0.729. The van der Waals surface area contributed by atoms with Crippen LogP contribution in [0.3, 0.4) is 0 Å². The maximum absolute atomic E-state index is 12.1. The van der Waals surface area contributed by atoms with Crippen molar-refractivity contribution in [2.75, 3.05) is 10.6 Å². The highest BCUT2D eigenvalue weighted by molar-refractivity contribution is 6.30. The Kier molecular flexibility index (Phi) is 5.06. The Bertz CT molecular complexity index is 889. The van der Waals surface area contributed by atoms with E-state index in [0.717, 1.165) is 0 Å². The Morgan fingerprint density at radius 1 is 1.12 bits per heavy atom. The van der Waals surface area contributed by atoms with Crippen LogP contribution in [0, 0.1) is 6.92 Å². The molecule has 0 saturated heterocycles. The Morgan fingerprint density at radius 2 is 1.92 bits per heavy atom. The molecule has 8 heteroatoms. The first-order valence-electron chi connectivity index (χ1n) is 7.34. The van der Waals surface area contributed by atoms with E-state index >= 15 is 0 Å². The summed E-state index contributed by atoms with van der Waals surface area (Å²) in [6.45, 7) is 1.80. The molecule has 126 valence electrons. The van der Waals surface area contributed by atoms with Crippen molar-refractivity contribution in [1.82, 2.24) is 15.0 Å². The van der Waals surface area contributed by atoms with Crippen molar-refractivity contribution < 1.29 is 9.53 Å². The van der Waals surface area contributed by atoms with Crippen LogP contribution in [-0.4, -0.2) is 21.0 Å². The van der Waals surface area contributed by atoms with Gasteiger partial charge in [0.15, 0.2) is 0 Å². The number of nitrogens with zero attached hydrogens (tertiary/aromatic N) is 3. The van der Waals surface area contributed by atoms with E-state index in [2.05, 4.69) is 25.6 Å². The summed E-state index contributed by atoms with van der Waals surface area (Å²) in [5.41, 5.74) is 2.39. The first kappa shape index (κ1) is 16.7. The Balaban J connectivity index is 1.76. The highest BCUT2D eigenvalue weighted by atomic mass is 35.5. The molecule has 2 N–H and O–H groups in total. The molecular weight excluding hydrogens is 342 g/mol. The van der Waals surface area contributed by atoms with Gasteiger partial charge >= 0.3 is 6.09 Å². The normalized spacial score (nSPS) is 10.2. The van der Waals surface area contributed by atoms with Gasteiger partial charge in [-0.3, -0.25) is 5.32 Å². The zero-order valence-electron chi connectivity index (χ0n) is 13.2. The molecule has 3 aromatic rings. The SMILES string of the molecule is Cc1ccc(Nc2cncnc2)c(OC(=O)Nc2cccc(Cl)c2)n1. The average Bonchev–Trinajstić information content (AvgIpc) is 2.58. The van der Waals surface area contributed by atoms with Crippen LogP contribution in [0.25, 0.3) is 0 Å². The van der Waals surface area contributed by atoms with Crippen LogP contribution in [0.2, 0.25) is 5.02 Å². The first-order chi connectivity index (χ1) is 12.1. The second kappa shape index (κ2) is 7.59. The fraction of sp³-hybridized carbons (Fsp3) is 0.0588. The second-order valence-corrected chi connectivity index (χ2v) is 5.52. The standard InChI is InChI=1S/C17H14ClN5O2/c1-11-5-6-15(22-14-8-19-10-20-9-14)16(21-11)25-17(24)23-13-4-2-3-12(18)7-13/h2-10,22H,1H3,(H,23,24). The zero-order chi connectivity index (χ0) is 17.6. The molecule has 0 unspecified atom stereocenters. The lowest BCUT2D eigenvalue weighted by Crippen LogP contribution is -2.18. The van der Waals surface area contributed by atoms with Gasteiger partial charge in [0, 0.05) is 16.4 Å². The lowest BCUT2D eigenvalue weighted by molar-refractivity contribution is 0.213. The number of nitrogens with one attached hydrogen (secondary N) is 2. The van der Waals surface area contributed by atoms with E-state index in [-0.39, 0.29) is 5.88 Å². The Labute approximate surface area is 149 Å².